The van der Waals surface area contributed by atoms with Gasteiger partial charge < -0.3 is 4.74 Å². The topological polar surface area (TPSA) is 26.3 Å². The van der Waals surface area contributed by atoms with Crippen LogP contribution >= 0.6 is 27.7 Å². The zero-order chi connectivity index (χ0) is 12.5. The van der Waals surface area contributed by atoms with Gasteiger partial charge in [-0.1, -0.05) is 6.07 Å². The zero-order valence-corrected chi connectivity index (χ0v) is 12.4. The first kappa shape index (κ1) is 13.0. The van der Waals surface area contributed by atoms with E-state index in [1.54, 1.807) is 11.8 Å². The summed E-state index contributed by atoms with van der Waals surface area (Å²) in [6, 6.07) is 6.15. The van der Waals surface area contributed by atoms with Crippen molar-refractivity contribution in [2.45, 2.75) is 30.1 Å². The molecule has 0 bridgehead atoms. The number of benzene rings is 1. The number of carbonyl (C=O) groups is 1. The minimum absolute atomic E-state index is 0.0798. The third kappa shape index (κ3) is 2.38. The van der Waals surface area contributed by atoms with Crippen LogP contribution < -0.4 is 0 Å². The Kier molecular flexibility index (Phi) is 3.83. The predicted octanol–water partition coefficient (Wildman–Crippen LogP) is 3.77. The molecule has 4 heteroatoms. The van der Waals surface area contributed by atoms with Crippen LogP contribution in [-0.4, -0.2) is 18.8 Å². The Balaban J connectivity index is 2.28. The van der Waals surface area contributed by atoms with Crippen LogP contribution in [0.4, 0.5) is 0 Å². The van der Waals surface area contributed by atoms with Gasteiger partial charge in [-0.15, -0.1) is 11.8 Å². The maximum absolute atomic E-state index is 12.0. The number of esters is 1. The van der Waals surface area contributed by atoms with E-state index in [1.807, 2.05) is 19.2 Å². The highest BCUT2D eigenvalue weighted by atomic mass is 79.9. The molecule has 0 amide bonds. The SMILES string of the molecule is CCOC(=O)C1(c2ccc(SC)c(Br)c2)CC1. The second kappa shape index (κ2) is 5.02. The first-order chi connectivity index (χ1) is 8.14. The molecule has 1 saturated carbocycles. The number of halogens is 1. The first-order valence-electron chi connectivity index (χ1n) is 5.65. The summed E-state index contributed by atoms with van der Waals surface area (Å²) in [7, 11) is 0. The van der Waals surface area contributed by atoms with Crippen LogP contribution in [0, 0.1) is 0 Å². The number of carbonyl (C=O) groups excluding carboxylic acids is 1. The van der Waals surface area contributed by atoms with Gasteiger partial charge in [-0.2, -0.15) is 0 Å². The number of thioether (sulfide) groups is 1. The van der Waals surface area contributed by atoms with E-state index < -0.39 is 0 Å². The van der Waals surface area contributed by atoms with Gasteiger partial charge in [-0.3, -0.25) is 4.79 Å². The average Bonchev–Trinajstić information content (AvgIpc) is 3.10. The van der Waals surface area contributed by atoms with Gasteiger partial charge in [0.25, 0.3) is 0 Å². The number of ether oxygens (including phenoxy) is 1. The van der Waals surface area contributed by atoms with Gasteiger partial charge in [-0.05, 0) is 59.6 Å². The number of rotatable bonds is 4. The summed E-state index contributed by atoms with van der Waals surface area (Å²) in [6.07, 6.45) is 3.84. The maximum Gasteiger partial charge on any atom is 0.316 e. The van der Waals surface area contributed by atoms with Gasteiger partial charge in [0.05, 0.1) is 12.0 Å². The van der Waals surface area contributed by atoms with Crippen molar-refractivity contribution >= 4 is 33.7 Å². The van der Waals surface area contributed by atoms with Crippen molar-refractivity contribution in [1.82, 2.24) is 0 Å². The lowest BCUT2D eigenvalue weighted by atomic mass is 9.96. The Hall–Kier alpha value is -0.480. The van der Waals surface area contributed by atoms with Crippen molar-refractivity contribution in [2.75, 3.05) is 12.9 Å². The summed E-state index contributed by atoms with van der Waals surface area (Å²) in [5, 5.41) is 0. The minimum Gasteiger partial charge on any atom is -0.465 e. The van der Waals surface area contributed by atoms with Crippen LogP contribution in [0.15, 0.2) is 27.6 Å². The van der Waals surface area contributed by atoms with Crippen LogP contribution in [0.25, 0.3) is 0 Å². The molecule has 2 rings (SSSR count). The highest BCUT2D eigenvalue weighted by molar-refractivity contribution is 9.10. The van der Waals surface area contributed by atoms with Gasteiger partial charge in [0.2, 0.25) is 0 Å². The smallest absolute Gasteiger partial charge is 0.316 e. The molecule has 0 aliphatic heterocycles. The van der Waals surface area contributed by atoms with Crippen LogP contribution in [0.2, 0.25) is 0 Å². The fraction of sp³-hybridized carbons (Fsp3) is 0.462. The summed E-state index contributed by atoms with van der Waals surface area (Å²) in [6.45, 7) is 2.30. The molecule has 1 fully saturated rings. The first-order valence-corrected chi connectivity index (χ1v) is 7.67. The van der Waals surface area contributed by atoms with Crippen LogP contribution in [-0.2, 0) is 14.9 Å². The van der Waals surface area contributed by atoms with Crippen molar-refractivity contribution in [3.8, 4) is 0 Å². The molecule has 0 radical (unpaired) electrons. The molecule has 92 valence electrons. The molecule has 1 aromatic carbocycles. The van der Waals surface area contributed by atoms with Crippen molar-refractivity contribution in [3.63, 3.8) is 0 Å². The van der Waals surface area contributed by atoms with Gasteiger partial charge in [-0.25, -0.2) is 0 Å². The lowest BCUT2D eigenvalue weighted by Gasteiger charge is -2.15. The molecule has 1 aromatic rings. The van der Waals surface area contributed by atoms with Crippen LogP contribution in [0.5, 0.6) is 0 Å². The molecule has 17 heavy (non-hydrogen) atoms. The van der Waals surface area contributed by atoms with E-state index in [9.17, 15) is 4.79 Å². The third-order valence-electron chi connectivity index (χ3n) is 3.12. The van der Waals surface area contributed by atoms with E-state index >= 15 is 0 Å². The lowest BCUT2D eigenvalue weighted by Crippen LogP contribution is -2.23. The van der Waals surface area contributed by atoms with Crippen LogP contribution in [0.1, 0.15) is 25.3 Å². The third-order valence-corrected chi connectivity index (χ3v) is 4.83. The van der Waals surface area contributed by atoms with E-state index in [0.717, 1.165) is 22.9 Å². The molecule has 1 aliphatic carbocycles. The molecule has 0 saturated heterocycles. The number of hydrogen-bond donors (Lipinski definition) is 0. The fourth-order valence-electron chi connectivity index (χ4n) is 1.97. The molecule has 0 unspecified atom stereocenters. The van der Waals surface area contributed by atoms with Gasteiger partial charge in [0.15, 0.2) is 0 Å². The summed E-state index contributed by atoms with van der Waals surface area (Å²) in [5.41, 5.74) is 0.704. The Morgan fingerprint density at radius 3 is 2.71 bits per heavy atom. The maximum atomic E-state index is 12.0. The van der Waals surface area contributed by atoms with Crippen LogP contribution in [0.3, 0.4) is 0 Å². The Morgan fingerprint density at radius 1 is 1.53 bits per heavy atom. The second-order valence-electron chi connectivity index (χ2n) is 4.15. The molecule has 0 spiro atoms. The van der Waals surface area contributed by atoms with E-state index in [4.69, 9.17) is 4.74 Å². The Bertz CT molecular complexity index is 441. The van der Waals surface area contributed by atoms with E-state index in [2.05, 4.69) is 28.1 Å². The molecule has 2 nitrogen and oxygen atoms in total. The largest absolute Gasteiger partial charge is 0.465 e. The molecule has 0 atom stereocenters. The number of hydrogen-bond acceptors (Lipinski definition) is 3. The fourth-order valence-corrected chi connectivity index (χ4v) is 3.29. The van der Waals surface area contributed by atoms with Gasteiger partial charge >= 0.3 is 5.97 Å². The van der Waals surface area contributed by atoms with Gasteiger partial charge in [0, 0.05) is 9.37 Å². The van der Waals surface area contributed by atoms with Gasteiger partial charge in [0.1, 0.15) is 0 Å². The summed E-state index contributed by atoms with van der Waals surface area (Å²) < 4.78 is 6.21. The predicted molar refractivity (Wildman–Crippen MR) is 73.5 cm³/mol. The highest BCUT2D eigenvalue weighted by Crippen LogP contribution is 2.50. The zero-order valence-electron chi connectivity index (χ0n) is 9.96. The monoisotopic (exact) mass is 314 g/mol. The summed E-state index contributed by atoms with van der Waals surface area (Å²) in [4.78, 5) is 13.1. The standard InChI is InChI=1S/C13H15BrO2S/c1-3-16-12(15)13(6-7-13)9-4-5-11(17-2)10(14)8-9/h4-5,8H,3,6-7H2,1-2H3. The average molecular weight is 315 g/mol. The van der Waals surface area contributed by atoms with E-state index in [1.165, 1.54) is 4.90 Å². The molecule has 0 aromatic heterocycles. The van der Waals surface area contributed by atoms with E-state index in [-0.39, 0.29) is 11.4 Å². The molecular formula is C13H15BrO2S. The lowest BCUT2D eigenvalue weighted by molar-refractivity contribution is -0.146. The summed E-state index contributed by atoms with van der Waals surface area (Å²) in [5.74, 6) is -0.0798. The second-order valence-corrected chi connectivity index (χ2v) is 5.85. The van der Waals surface area contributed by atoms with E-state index in [0.29, 0.717) is 6.61 Å². The van der Waals surface area contributed by atoms with Crippen molar-refractivity contribution in [2.24, 2.45) is 0 Å². The highest BCUT2D eigenvalue weighted by Gasteiger charge is 2.52. The van der Waals surface area contributed by atoms with Crippen molar-refractivity contribution in [3.05, 3.63) is 28.2 Å². The van der Waals surface area contributed by atoms with Crippen molar-refractivity contribution < 1.29 is 9.53 Å². The molecular weight excluding hydrogens is 300 g/mol. The Labute approximate surface area is 114 Å². The molecule has 0 N–H and O–H groups in total. The van der Waals surface area contributed by atoms with Crippen molar-refractivity contribution in [1.29, 1.82) is 0 Å². The quantitative estimate of drug-likeness (QED) is 0.625. The normalized spacial score (nSPS) is 16.6. The summed E-state index contributed by atoms with van der Waals surface area (Å²) >= 11 is 5.23. The molecule has 1 aliphatic rings. The Morgan fingerprint density at radius 2 is 2.24 bits per heavy atom. The molecule has 0 heterocycles. The minimum atomic E-state index is -0.366.